The van der Waals surface area contributed by atoms with Crippen LogP contribution in [-0.4, -0.2) is 41.7 Å². The van der Waals surface area contributed by atoms with E-state index in [-0.39, 0.29) is 22.2 Å². The Kier molecular flexibility index (Phi) is 8.95. The van der Waals surface area contributed by atoms with Crippen LogP contribution >= 0.6 is 43.5 Å². The highest BCUT2D eigenvalue weighted by Gasteiger charge is 2.23. The number of carbonyl (C=O) groups is 1. The van der Waals surface area contributed by atoms with Gasteiger partial charge in [0, 0.05) is 20.4 Å². The molecule has 1 heterocycles. The quantitative estimate of drug-likeness (QED) is 0.227. The van der Waals surface area contributed by atoms with Crippen LogP contribution in [0.5, 0.6) is 11.5 Å². The van der Waals surface area contributed by atoms with Crippen molar-refractivity contribution < 1.29 is 19.0 Å². The molecule has 0 amide bonds. The van der Waals surface area contributed by atoms with E-state index in [9.17, 15) is 9.59 Å². The zero-order valence-corrected chi connectivity index (χ0v) is 23.7. The van der Waals surface area contributed by atoms with Gasteiger partial charge >= 0.3 is 5.97 Å². The third-order valence-corrected chi connectivity index (χ3v) is 6.88. The molecule has 35 heavy (non-hydrogen) atoms. The number of carbonyl (C=O) groups excluding carboxylic acids is 1. The van der Waals surface area contributed by atoms with Gasteiger partial charge in [0.15, 0.2) is 17.6 Å². The molecule has 0 N–H and O–H groups in total. The molecule has 0 radical (unpaired) electrons. The average molecular weight is 630 g/mol. The van der Waals surface area contributed by atoms with Crippen LogP contribution in [0.3, 0.4) is 0 Å². The number of benzene rings is 2. The van der Waals surface area contributed by atoms with E-state index < -0.39 is 12.1 Å². The molecular formula is C24H24Br2ClN3O5. The summed E-state index contributed by atoms with van der Waals surface area (Å²) in [6.45, 7) is 7.56. The number of ether oxygens (including phenoxy) is 3. The third kappa shape index (κ3) is 5.87. The Labute approximate surface area is 224 Å². The summed E-state index contributed by atoms with van der Waals surface area (Å²) in [6, 6.07) is 7.01. The van der Waals surface area contributed by atoms with E-state index in [4.69, 9.17) is 25.8 Å². The lowest BCUT2D eigenvalue weighted by atomic mass is 10.2. The monoisotopic (exact) mass is 627 g/mol. The summed E-state index contributed by atoms with van der Waals surface area (Å²) < 4.78 is 18.7. The van der Waals surface area contributed by atoms with Gasteiger partial charge in [0.1, 0.15) is 10.8 Å². The van der Waals surface area contributed by atoms with E-state index in [0.29, 0.717) is 39.1 Å². The summed E-state index contributed by atoms with van der Waals surface area (Å²) in [5.74, 6) is 0.401. The minimum atomic E-state index is -0.904. The van der Waals surface area contributed by atoms with Gasteiger partial charge in [0.2, 0.25) is 0 Å². The molecule has 0 aliphatic heterocycles. The molecule has 0 saturated heterocycles. The van der Waals surface area contributed by atoms with Gasteiger partial charge in [-0.1, -0.05) is 41.4 Å². The summed E-state index contributed by atoms with van der Waals surface area (Å²) in [6.07, 6.45) is 0.586. The third-order valence-electron chi connectivity index (χ3n) is 4.95. The second kappa shape index (κ2) is 11.5. The Bertz CT molecular complexity index is 1360. The van der Waals surface area contributed by atoms with Gasteiger partial charge in [-0.3, -0.25) is 4.79 Å². The number of nitrogens with zero attached hydrogens (tertiary/aromatic N) is 3. The largest absolute Gasteiger partial charge is 0.490 e. The Morgan fingerprint density at radius 2 is 1.97 bits per heavy atom. The molecule has 11 heteroatoms. The molecule has 2 aromatic carbocycles. The van der Waals surface area contributed by atoms with Crippen LogP contribution < -0.4 is 15.0 Å². The number of esters is 1. The molecule has 0 unspecified atom stereocenters. The first-order valence-electron chi connectivity index (χ1n) is 10.7. The van der Waals surface area contributed by atoms with Crippen molar-refractivity contribution in [3.63, 3.8) is 0 Å². The molecule has 3 aromatic rings. The van der Waals surface area contributed by atoms with Crippen molar-refractivity contribution in [1.82, 2.24) is 9.66 Å². The number of methoxy groups -OCH3 is 1. The van der Waals surface area contributed by atoms with E-state index in [0.717, 1.165) is 4.47 Å². The number of rotatable bonds is 8. The van der Waals surface area contributed by atoms with Crippen molar-refractivity contribution in [2.24, 2.45) is 5.10 Å². The topological polar surface area (TPSA) is 92.0 Å². The van der Waals surface area contributed by atoms with Gasteiger partial charge in [-0.05, 0) is 54.0 Å². The van der Waals surface area contributed by atoms with Crippen molar-refractivity contribution in [2.75, 3.05) is 13.7 Å². The normalized spacial score (nSPS) is 12.4. The number of aromatic nitrogens is 2. The molecule has 3 rings (SSSR count). The Hall–Kier alpha value is -2.43. The number of halogens is 3. The fourth-order valence-corrected chi connectivity index (χ4v) is 4.24. The van der Waals surface area contributed by atoms with Crippen LogP contribution in [-0.2, 0) is 9.53 Å². The van der Waals surface area contributed by atoms with E-state index in [1.165, 1.54) is 18.0 Å². The van der Waals surface area contributed by atoms with Crippen LogP contribution in [0.15, 0.2) is 43.1 Å². The molecule has 0 bridgehead atoms. The Morgan fingerprint density at radius 3 is 2.60 bits per heavy atom. The summed E-state index contributed by atoms with van der Waals surface area (Å²) in [7, 11) is 1.27. The fraction of sp³-hybridized carbons (Fsp3) is 0.333. The van der Waals surface area contributed by atoms with Crippen molar-refractivity contribution in [1.29, 1.82) is 0 Å². The van der Waals surface area contributed by atoms with Crippen LogP contribution in [0.4, 0.5) is 0 Å². The van der Waals surface area contributed by atoms with Crippen LogP contribution in [0, 0.1) is 0 Å². The molecule has 186 valence electrons. The van der Waals surface area contributed by atoms with Gasteiger partial charge in [0.05, 0.1) is 30.8 Å². The molecule has 8 nitrogen and oxygen atoms in total. The van der Waals surface area contributed by atoms with Gasteiger partial charge in [-0.2, -0.15) is 9.78 Å². The van der Waals surface area contributed by atoms with Gasteiger partial charge in [-0.15, -0.1) is 0 Å². The molecule has 0 fully saturated rings. The highest BCUT2D eigenvalue weighted by atomic mass is 79.9. The smallest absolute Gasteiger partial charge is 0.346 e. The molecule has 0 spiro atoms. The maximum Gasteiger partial charge on any atom is 0.346 e. The first-order valence-corrected chi connectivity index (χ1v) is 12.7. The number of hydrogen-bond donors (Lipinski definition) is 0. The van der Waals surface area contributed by atoms with Gasteiger partial charge in [0.25, 0.3) is 5.56 Å². The fourth-order valence-electron chi connectivity index (χ4n) is 3.23. The summed E-state index contributed by atoms with van der Waals surface area (Å²) >= 11 is 13.4. The second-order valence-corrected chi connectivity index (χ2v) is 9.87. The molecular weight excluding hydrogens is 606 g/mol. The van der Waals surface area contributed by atoms with Crippen LogP contribution in [0.1, 0.15) is 45.0 Å². The van der Waals surface area contributed by atoms with Gasteiger partial charge < -0.3 is 14.2 Å². The molecule has 0 saturated carbocycles. The van der Waals surface area contributed by atoms with Gasteiger partial charge in [-0.25, -0.2) is 9.78 Å². The minimum Gasteiger partial charge on any atom is -0.490 e. The lowest BCUT2D eigenvalue weighted by Crippen LogP contribution is -2.25. The SMILES string of the molecule is CCOc1cc(C=Nn2c(C(C)C)nc3ccc(Br)cc3c2=O)c(Br)c(Cl)c1O[C@H](C)C(=O)OC. The van der Waals surface area contributed by atoms with Crippen molar-refractivity contribution in [3.8, 4) is 11.5 Å². The zero-order chi connectivity index (χ0) is 25.9. The van der Waals surface area contributed by atoms with E-state index in [2.05, 4.69) is 41.9 Å². The lowest BCUT2D eigenvalue weighted by molar-refractivity contribution is -0.147. The summed E-state index contributed by atoms with van der Waals surface area (Å²) in [4.78, 5) is 29.8. The second-order valence-electron chi connectivity index (χ2n) is 7.78. The van der Waals surface area contributed by atoms with Crippen molar-refractivity contribution >= 4 is 66.5 Å². The average Bonchev–Trinajstić information content (AvgIpc) is 2.83. The van der Waals surface area contributed by atoms with E-state index >= 15 is 0 Å². The highest BCUT2D eigenvalue weighted by molar-refractivity contribution is 9.10. The zero-order valence-electron chi connectivity index (χ0n) is 19.8. The Morgan fingerprint density at radius 1 is 1.26 bits per heavy atom. The molecule has 0 aliphatic carbocycles. The first-order chi connectivity index (χ1) is 16.6. The summed E-state index contributed by atoms with van der Waals surface area (Å²) in [5, 5.41) is 5.08. The maximum atomic E-state index is 13.3. The Balaban J connectivity index is 2.13. The molecule has 0 aliphatic rings. The maximum absolute atomic E-state index is 13.3. The number of hydrogen-bond acceptors (Lipinski definition) is 7. The van der Waals surface area contributed by atoms with E-state index in [1.54, 1.807) is 25.1 Å². The van der Waals surface area contributed by atoms with Crippen molar-refractivity contribution in [3.05, 3.63) is 60.0 Å². The van der Waals surface area contributed by atoms with Crippen LogP contribution in [0.25, 0.3) is 10.9 Å². The molecule has 1 aromatic heterocycles. The summed E-state index contributed by atoms with van der Waals surface area (Å²) in [5.41, 5.74) is 0.834. The minimum absolute atomic E-state index is 0.0607. The predicted octanol–water partition coefficient (Wildman–Crippen LogP) is 5.92. The molecule has 1 atom stereocenters. The predicted molar refractivity (Wildman–Crippen MR) is 143 cm³/mol. The number of fused-ring (bicyclic) bond motifs is 1. The standard InChI is InChI=1S/C24H24Br2ClN3O5/c1-6-34-18-9-14(19(26)20(27)21(18)35-13(4)24(32)33-5)11-28-30-22(12(2)3)29-17-8-7-15(25)10-16(17)23(30)31/h7-13H,6H2,1-5H3/t13-/m1/s1. The van der Waals surface area contributed by atoms with E-state index in [1.807, 2.05) is 26.8 Å². The van der Waals surface area contributed by atoms with Crippen LogP contribution in [0.2, 0.25) is 5.02 Å². The lowest BCUT2D eigenvalue weighted by Gasteiger charge is -2.19. The van der Waals surface area contributed by atoms with Crippen molar-refractivity contribution in [2.45, 2.75) is 39.7 Å². The first kappa shape index (κ1) is 27.2. The highest BCUT2D eigenvalue weighted by Crippen LogP contribution is 2.43.